The Morgan fingerprint density at radius 1 is 1.14 bits per heavy atom. The minimum atomic E-state index is 0.691. The molecule has 0 amide bonds. The van der Waals surface area contributed by atoms with Gasteiger partial charge in [0.2, 0.25) is 0 Å². The molecular weight excluding hydrogens is 170 g/mol. The molecule has 0 bridgehead atoms. The first-order chi connectivity index (χ1) is 6.79. The van der Waals surface area contributed by atoms with Crippen LogP contribution in [0.2, 0.25) is 0 Å². The van der Waals surface area contributed by atoms with E-state index in [1.54, 1.807) is 0 Å². The first-order valence-corrected chi connectivity index (χ1v) is 5.56. The molecule has 1 heteroatoms. The molecule has 4 atom stereocenters. The number of benzene rings is 1. The molecule has 0 N–H and O–H groups in total. The monoisotopic (exact) mass is 187 g/mol. The minimum Gasteiger partial charge on any atom is -0.296 e. The second kappa shape index (κ2) is 2.83. The van der Waals surface area contributed by atoms with E-state index in [4.69, 9.17) is 0 Å². The highest BCUT2D eigenvalue weighted by atomic mass is 15.2. The Hall–Kier alpha value is -0.820. The fourth-order valence-electron chi connectivity index (χ4n) is 3.14. The van der Waals surface area contributed by atoms with Crippen LogP contribution in [0.4, 0.5) is 0 Å². The van der Waals surface area contributed by atoms with Gasteiger partial charge in [0.15, 0.2) is 0 Å². The lowest BCUT2D eigenvalue weighted by molar-refractivity contribution is 0.214. The predicted molar refractivity (Wildman–Crippen MR) is 58.0 cm³/mol. The maximum absolute atomic E-state index is 2.55. The Kier molecular flexibility index (Phi) is 1.72. The average Bonchev–Trinajstić information content (AvgIpc) is 2.94. The highest BCUT2D eigenvalue weighted by molar-refractivity contribution is 5.25. The van der Waals surface area contributed by atoms with Crippen molar-refractivity contribution < 1.29 is 0 Å². The molecule has 0 unspecified atom stereocenters. The summed E-state index contributed by atoms with van der Waals surface area (Å²) in [5, 5.41) is 0. The van der Waals surface area contributed by atoms with Gasteiger partial charge < -0.3 is 0 Å². The van der Waals surface area contributed by atoms with E-state index in [1.807, 2.05) is 0 Å². The van der Waals surface area contributed by atoms with E-state index in [9.17, 15) is 0 Å². The molecule has 0 radical (unpaired) electrons. The third kappa shape index (κ3) is 1.05. The average molecular weight is 187 g/mol. The minimum absolute atomic E-state index is 0.691. The van der Waals surface area contributed by atoms with E-state index in [0.717, 1.165) is 17.9 Å². The molecule has 1 saturated carbocycles. The van der Waals surface area contributed by atoms with Gasteiger partial charge in [0.1, 0.15) is 0 Å². The predicted octanol–water partition coefficient (Wildman–Crippen LogP) is 2.70. The van der Waals surface area contributed by atoms with Crippen LogP contribution in [0.3, 0.4) is 0 Å². The van der Waals surface area contributed by atoms with Crippen LogP contribution in [-0.2, 0) is 0 Å². The number of hydrogen-bond donors (Lipinski definition) is 0. The normalized spacial score (nSPS) is 41.0. The second-order valence-electron chi connectivity index (χ2n) is 4.83. The molecule has 14 heavy (non-hydrogen) atoms. The molecule has 1 nitrogen and oxygen atoms in total. The summed E-state index contributed by atoms with van der Waals surface area (Å²) in [5.41, 5.74) is 1.51. The van der Waals surface area contributed by atoms with Gasteiger partial charge in [0.25, 0.3) is 0 Å². The van der Waals surface area contributed by atoms with Crippen molar-refractivity contribution in [3.05, 3.63) is 35.9 Å². The summed E-state index contributed by atoms with van der Waals surface area (Å²) < 4.78 is 0. The summed E-state index contributed by atoms with van der Waals surface area (Å²) in [4.78, 5) is 2.55. The standard InChI is InChI=1S/C13H17N/c1-9-11-8-12(11)13(14(9)2)10-6-4-3-5-7-10/h3-7,9,11-13H,8H2,1-2H3/t9-,11+,12+,13-/m1/s1. The Morgan fingerprint density at radius 2 is 1.86 bits per heavy atom. The van der Waals surface area contributed by atoms with Gasteiger partial charge in [-0.15, -0.1) is 0 Å². The molecule has 2 fully saturated rings. The van der Waals surface area contributed by atoms with Crippen molar-refractivity contribution in [3.8, 4) is 0 Å². The van der Waals surface area contributed by atoms with Crippen molar-refractivity contribution in [1.29, 1.82) is 0 Å². The van der Waals surface area contributed by atoms with Crippen molar-refractivity contribution in [1.82, 2.24) is 4.90 Å². The quantitative estimate of drug-likeness (QED) is 0.653. The second-order valence-corrected chi connectivity index (χ2v) is 4.83. The van der Waals surface area contributed by atoms with Crippen LogP contribution < -0.4 is 0 Å². The van der Waals surface area contributed by atoms with Gasteiger partial charge in [-0.3, -0.25) is 4.90 Å². The molecule has 3 rings (SSSR count). The summed E-state index contributed by atoms with van der Waals surface area (Å²) in [6.45, 7) is 2.37. The SMILES string of the molecule is C[C@@H]1[C@@H]2C[C@@H]2[C@@H](c2ccccc2)N1C. The van der Waals surface area contributed by atoms with Gasteiger partial charge in [-0.05, 0) is 37.8 Å². The van der Waals surface area contributed by atoms with Crippen LogP contribution in [0.5, 0.6) is 0 Å². The van der Waals surface area contributed by atoms with E-state index in [0.29, 0.717) is 6.04 Å². The van der Waals surface area contributed by atoms with Crippen LogP contribution >= 0.6 is 0 Å². The topological polar surface area (TPSA) is 3.24 Å². The lowest BCUT2D eigenvalue weighted by atomic mass is 10.0. The van der Waals surface area contributed by atoms with Crippen LogP contribution in [-0.4, -0.2) is 18.0 Å². The summed E-state index contributed by atoms with van der Waals surface area (Å²) in [7, 11) is 2.27. The van der Waals surface area contributed by atoms with E-state index in [2.05, 4.69) is 49.2 Å². The first-order valence-electron chi connectivity index (χ1n) is 5.56. The highest BCUT2D eigenvalue weighted by Crippen LogP contribution is 2.58. The van der Waals surface area contributed by atoms with Gasteiger partial charge in [-0.25, -0.2) is 0 Å². The lowest BCUT2D eigenvalue weighted by Crippen LogP contribution is -2.29. The van der Waals surface area contributed by atoms with Crippen LogP contribution in [0.15, 0.2) is 30.3 Å². The van der Waals surface area contributed by atoms with E-state index in [1.165, 1.54) is 12.0 Å². The van der Waals surface area contributed by atoms with Crippen molar-refractivity contribution in [2.24, 2.45) is 11.8 Å². The smallest absolute Gasteiger partial charge is 0.0379 e. The largest absolute Gasteiger partial charge is 0.296 e. The molecule has 1 heterocycles. The van der Waals surface area contributed by atoms with Gasteiger partial charge in [0.05, 0.1) is 0 Å². The lowest BCUT2D eigenvalue weighted by Gasteiger charge is -2.27. The van der Waals surface area contributed by atoms with Crippen molar-refractivity contribution in [2.75, 3.05) is 7.05 Å². The number of piperidine rings is 1. The van der Waals surface area contributed by atoms with Crippen LogP contribution in [0, 0.1) is 11.8 Å². The molecule has 0 spiro atoms. The number of rotatable bonds is 1. The fraction of sp³-hybridized carbons (Fsp3) is 0.538. The Morgan fingerprint density at radius 3 is 2.43 bits per heavy atom. The molecule has 1 aromatic carbocycles. The van der Waals surface area contributed by atoms with Gasteiger partial charge in [-0.2, -0.15) is 0 Å². The van der Waals surface area contributed by atoms with Crippen molar-refractivity contribution >= 4 is 0 Å². The number of likely N-dealkylation sites (tertiary alicyclic amines) is 1. The molecule has 1 aliphatic heterocycles. The Balaban J connectivity index is 1.93. The third-order valence-electron chi connectivity index (χ3n) is 4.14. The van der Waals surface area contributed by atoms with Gasteiger partial charge in [-0.1, -0.05) is 30.3 Å². The summed E-state index contributed by atoms with van der Waals surface area (Å²) in [6, 6.07) is 12.4. The molecule has 74 valence electrons. The number of nitrogens with zero attached hydrogens (tertiary/aromatic N) is 1. The van der Waals surface area contributed by atoms with E-state index < -0.39 is 0 Å². The molecule has 1 saturated heterocycles. The Labute approximate surface area is 85.7 Å². The maximum atomic E-state index is 2.55. The molecule has 2 aliphatic rings. The molecule has 0 aromatic heterocycles. The van der Waals surface area contributed by atoms with E-state index >= 15 is 0 Å². The zero-order valence-corrected chi connectivity index (χ0v) is 8.85. The van der Waals surface area contributed by atoms with Crippen LogP contribution in [0.1, 0.15) is 24.9 Å². The van der Waals surface area contributed by atoms with Crippen LogP contribution in [0.25, 0.3) is 0 Å². The summed E-state index contributed by atoms with van der Waals surface area (Å²) in [6.07, 6.45) is 1.45. The third-order valence-corrected chi connectivity index (χ3v) is 4.14. The van der Waals surface area contributed by atoms with Crippen molar-refractivity contribution in [2.45, 2.75) is 25.4 Å². The first kappa shape index (κ1) is 8.49. The van der Waals surface area contributed by atoms with Gasteiger partial charge in [0, 0.05) is 12.1 Å². The molecular formula is C13H17N. The van der Waals surface area contributed by atoms with Crippen molar-refractivity contribution in [3.63, 3.8) is 0 Å². The summed E-state index contributed by atoms with van der Waals surface area (Å²) >= 11 is 0. The molecule has 1 aliphatic carbocycles. The fourth-order valence-corrected chi connectivity index (χ4v) is 3.14. The highest BCUT2D eigenvalue weighted by Gasteiger charge is 2.55. The number of hydrogen-bond acceptors (Lipinski definition) is 1. The summed E-state index contributed by atoms with van der Waals surface area (Å²) in [5.74, 6) is 1.92. The maximum Gasteiger partial charge on any atom is 0.0379 e. The van der Waals surface area contributed by atoms with E-state index in [-0.39, 0.29) is 0 Å². The van der Waals surface area contributed by atoms with Gasteiger partial charge >= 0.3 is 0 Å². The zero-order chi connectivity index (χ0) is 9.71. The Bertz CT molecular complexity index is 332. The number of fused-ring (bicyclic) bond motifs is 1. The zero-order valence-electron chi connectivity index (χ0n) is 8.85. The molecule has 1 aromatic rings.